The molecule has 10 heavy (non-hydrogen) atoms. The quantitative estimate of drug-likeness (QED) is 0.649. The van der Waals surface area contributed by atoms with Gasteiger partial charge >= 0.3 is 0 Å². The molecule has 0 aliphatic rings. The molecule has 1 heterocycles. The zero-order chi connectivity index (χ0) is 7.40. The van der Waals surface area contributed by atoms with Gasteiger partial charge in [0.25, 0.3) is 0 Å². The number of aryl methyl sites for hydroxylation is 1. The maximum atomic E-state index is 4.96. The number of hydrogen-bond donors (Lipinski definition) is 0. The van der Waals surface area contributed by atoms with Crippen molar-refractivity contribution < 1.29 is 4.74 Å². The molecule has 1 nitrogen and oxygen atoms in total. The van der Waals surface area contributed by atoms with Crippen molar-refractivity contribution in [3.8, 4) is 0 Å². The number of rotatable bonds is 3. The van der Waals surface area contributed by atoms with E-state index in [-0.39, 0.29) is 0 Å². The van der Waals surface area contributed by atoms with Gasteiger partial charge in [-0.15, -0.1) is 11.3 Å². The van der Waals surface area contributed by atoms with Gasteiger partial charge in [0.2, 0.25) is 0 Å². The maximum absolute atomic E-state index is 4.96. The first-order valence-electron chi connectivity index (χ1n) is 3.29. The first-order chi connectivity index (χ1) is 4.84. The van der Waals surface area contributed by atoms with Crippen LogP contribution in [0.15, 0.2) is 6.07 Å². The summed E-state index contributed by atoms with van der Waals surface area (Å²) in [7, 11) is 1.73. The molecular weight excluding hydrogens is 144 g/mol. The molecule has 1 rings (SSSR count). The largest absolute Gasteiger partial charge is 0.384 e. The molecule has 0 bridgehead atoms. The van der Waals surface area contributed by atoms with Gasteiger partial charge in [-0.1, -0.05) is 0 Å². The molecule has 0 unspecified atom stereocenters. The Bertz CT molecular complexity index is 193. The summed E-state index contributed by atoms with van der Waals surface area (Å²) in [5, 5.41) is 3.09. The van der Waals surface area contributed by atoms with Gasteiger partial charge in [-0.3, -0.25) is 0 Å². The van der Waals surface area contributed by atoms with E-state index in [1.165, 1.54) is 10.4 Å². The molecule has 1 aromatic rings. The molecule has 0 spiro atoms. The molecule has 0 saturated heterocycles. The van der Waals surface area contributed by atoms with E-state index >= 15 is 0 Å². The van der Waals surface area contributed by atoms with Crippen molar-refractivity contribution in [2.75, 3.05) is 13.7 Å². The van der Waals surface area contributed by atoms with Crippen LogP contribution >= 0.6 is 11.3 Å². The van der Waals surface area contributed by atoms with Crippen LogP contribution in [0.2, 0.25) is 0 Å². The molecular formula is C8H11OS. The van der Waals surface area contributed by atoms with Crippen LogP contribution in [0.1, 0.15) is 10.4 Å². The Labute approximate surface area is 65.6 Å². The first-order valence-corrected chi connectivity index (χ1v) is 4.10. The Morgan fingerprint density at radius 1 is 1.70 bits per heavy atom. The van der Waals surface area contributed by atoms with Gasteiger partial charge in [-0.25, -0.2) is 0 Å². The SMILES string of the molecule is COCCc1s[c]cc1C. The molecule has 1 radical (unpaired) electrons. The minimum absolute atomic E-state index is 0.815. The van der Waals surface area contributed by atoms with Gasteiger partial charge in [-0.2, -0.15) is 0 Å². The van der Waals surface area contributed by atoms with Crippen molar-refractivity contribution in [1.82, 2.24) is 0 Å². The van der Waals surface area contributed by atoms with Crippen molar-refractivity contribution in [3.05, 3.63) is 21.9 Å². The van der Waals surface area contributed by atoms with Gasteiger partial charge in [-0.05, 0) is 18.6 Å². The summed E-state index contributed by atoms with van der Waals surface area (Å²) in [6.07, 6.45) is 1.02. The van der Waals surface area contributed by atoms with Gasteiger partial charge in [0, 0.05) is 23.8 Å². The molecule has 0 atom stereocenters. The third kappa shape index (κ3) is 1.82. The summed E-state index contributed by atoms with van der Waals surface area (Å²) < 4.78 is 4.96. The fourth-order valence-corrected chi connectivity index (χ4v) is 1.58. The second-order valence-electron chi connectivity index (χ2n) is 2.21. The van der Waals surface area contributed by atoms with Crippen molar-refractivity contribution >= 4 is 11.3 Å². The lowest BCUT2D eigenvalue weighted by Gasteiger charge is -1.96. The van der Waals surface area contributed by atoms with E-state index in [9.17, 15) is 0 Å². The molecule has 0 saturated carbocycles. The highest BCUT2D eigenvalue weighted by Gasteiger charge is 1.97. The first kappa shape index (κ1) is 7.76. The second kappa shape index (κ2) is 3.74. The van der Waals surface area contributed by atoms with Crippen LogP contribution in [0, 0.1) is 12.3 Å². The Morgan fingerprint density at radius 3 is 3.00 bits per heavy atom. The Kier molecular flexibility index (Phi) is 2.90. The van der Waals surface area contributed by atoms with E-state index in [0.717, 1.165) is 13.0 Å². The summed E-state index contributed by atoms with van der Waals surface area (Å²) in [6, 6.07) is 2.02. The topological polar surface area (TPSA) is 9.23 Å². The lowest BCUT2D eigenvalue weighted by Crippen LogP contribution is -1.92. The molecule has 1 aromatic heterocycles. The van der Waals surface area contributed by atoms with E-state index in [2.05, 4.69) is 12.3 Å². The molecule has 0 amide bonds. The zero-order valence-corrected chi connectivity index (χ0v) is 7.12. The number of thiophene rings is 1. The predicted octanol–water partition coefficient (Wildman–Crippen LogP) is 2.05. The molecule has 2 heteroatoms. The van der Waals surface area contributed by atoms with Gasteiger partial charge in [0.15, 0.2) is 0 Å². The molecule has 0 aliphatic heterocycles. The van der Waals surface area contributed by atoms with E-state index in [1.54, 1.807) is 18.4 Å². The highest BCUT2D eigenvalue weighted by molar-refractivity contribution is 7.09. The normalized spacial score (nSPS) is 10.2. The zero-order valence-electron chi connectivity index (χ0n) is 6.31. The summed E-state index contributed by atoms with van der Waals surface area (Å²) in [5.74, 6) is 0. The average Bonchev–Trinajstić information content (AvgIpc) is 2.31. The maximum Gasteiger partial charge on any atom is 0.0510 e. The highest BCUT2D eigenvalue weighted by Crippen LogP contribution is 2.14. The fourth-order valence-electron chi connectivity index (χ4n) is 0.793. The third-order valence-electron chi connectivity index (χ3n) is 1.43. The number of ether oxygens (including phenoxy) is 1. The van der Waals surface area contributed by atoms with Crippen LogP contribution in [-0.2, 0) is 11.2 Å². The minimum atomic E-state index is 0.815. The van der Waals surface area contributed by atoms with Crippen LogP contribution in [0.4, 0.5) is 0 Å². The van der Waals surface area contributed by atoms with Crippen LogP contribution in [0.3, 0.4) is 0 Å². The monoisotopic (exact) mass is 155 g/mol. The molecule has 0 aliphatic carbocycles. The van der Waals surface area contributed by atoms with Crippen molar-refractivity contribution in [1.29, 1.82) is 0 Å². The van der Waals surface area contributed by atoms with Crippen LogP contribution in [0.25, 0.3) is 0 Å². The van der Waals surface area contributed by atoms with Crippen molar-refractivity contribution in [2.45, 2.75) is 13.3 Å². The van der Waals surface area contributed by atoms with Gasteiger partial charge in [0.1, 0.15) is 0 Å². The second-order valence-corrected chi connectivity index (χ2v) is 3.15. The van der Waals surface area contributed by atoms with Crippen molar-refractivity contribution in [2.24, 2.45) is 0 Å². The molecule has 0 N–H and O–H groups in total. The average molecular weight is 155 g/mol. The smallest absolute Gasteiger partial charge is 0.0510 e. The predicted molar refractivity (Wildman–Crippen MR) is 43.5 cm³/mol. The molecule has 0 aromatic carbocycles. The van der Waals surface area contributed by atoms with E-state index in [0.29, 0.717) is 0 Å². The fraction of sp³-hybridized carbons (Fsp3) is 0.500. The van der Waals surface area contributed by atoms with E-state index < -0.39 is 0 Å². The van der Waals surface area contributed by atoms with Crippen molar-refractivity contribution in [3.63, 3.8) is 0 Å². The Hall–Kier alpha value is -0.340. The lowest BCUT2D eigenvalue weighted by molar-refractivity contribution is 0.203. The Balaban J connectivity index is 2.49. The van der Waals surface area contributed by atoms with Gasteiger partial charge in [0.05, 0.1) is 6.61 Å². The minimum Gasteiger partial charge on any atom is -0.384 e. The standard InChI is InChI=1S/C8H11OS/c1-7-4-6-10-8(7)3-5-9-2/h4H,3,5H2,1-2H3. The lowest BCUT2D eigenvalue weighted by atomic mass is 10.2. The van der Waals surface area contributed by atoms with E-state index in [4.69, 9.17) is 4.74 Å². The number of hydrogen-bond acceptors (Lipinski definition) is 2. The van der Waals surface area contributed by atoms with Crippen LogP contribution < -0.4 is 0 Å². The summed E-state index contributed by atoms with van der Waals surface area (Å²) in [4.78, 5) is 1.39. The third-order valence-corrected chi connectivity index (χ3v) is 2.44. The molecule has 55 valence electrons. The summed E-state index contributed by atoms with van der Waals surface area (Å²) in [5.41, 5.74) is 1.34. The number of methoxy groups -OCH3 is 1. The highest BCUT2D eigenvalue weighted by atomic mass is 32.1. The van der Waals surface area contributed by atoms with Gasteiger partial charge < -0.3 is 4.74 Å². The summed E-state index contributed by atoms with van der Waals surface area (Å²) in [6.45, 7) is 2.92. The van der Waals surface area contributed by atoms with E-state index in [1.807, 2.05) is 6.07 Å². The summed E-state index contributed by atoms with van der Waals surface area (Å²) >= 11 is 1.68. The Morgan fingerprint density at radius 2 is 2.50 bits per heavy atom. The van der Waals surface area contributed by atoms with Crippen LogP contribution in [0.5, 0.6) is 0 Å². The van der Waals surface area contributed by atoms with Crippen LogP contribution in [-0.4, -0.2) is 13.7 Å². The molecule has 0 fully saturated rings.